The largest absolute Gasteiger partial charge is 0.480 e. The van der Waals surface area contributed by atoms with E-state index in [0.717, 1.165) is 11.2 Å². The molecule has 2 atom stereocenters. The second-order valence-electron chi connectivity index (χ2n) is 5.00. The topological polar surface area (TPSA) is 112 Å². The van der Waals surface area contributed by atoms with Crippen LogP contribution in [0.15, 0.2) is 29.2 Å². The van der Waals surface area contributed by atoms with Crippen LogP contribution >= 0.6 is 0 Å². The maximum atomic E-state index is 12.3. The number of amides is 1. The molecule has 1 fully saturated rings. The number of rotatable bonds is 3. The first-order chi connectivity index (χ1) is 9.70. The predicted octanol–water partition coefficient (Wildman–Crippen LogP) is -0.250. The van der Waals surface area contributed by atoms with Crippen LogP contribution in [0.1, 0.15) is 16.8 Å². The molecule has 1 heterocycles. The number of aliphatic hydroxyl groups is 1. The first kappa shape index (κ1) is 15.5. The van der Waals surface area contributed by atoms with Crippen LogP contribution in [0, 0.1) is 0 Å². The fourth-order valence-electron chi connectivity index (χ4n) is 2.28. The number of sulfone groups is 1. The number of hydrogen-bond acceptors (Lipinski definition) is 5. The van der Waals surface area contributed by atoms with Crippen LogP contribution in [0.2, 0.25) is 0 Å². The van der Waals surface area contributed by atoms with Gasteiger partial charge in [-0.3, -0.25) is 4.79 Å². The SMILES string of the molecule is CS(=O)(=O)c1ccc(C(=O)N2CC(O)CC2C(=O)O)cc1. The summed E-state index contributed by atoms with van der Waals surface area (Å²) < 4.78 is 22.7. The fourth-order valence-corrected chi connectivity index (χ4v) is 2.91. The Kier molecular flexibility index (Phi) is 4.02. The third-order valence-electron chi connectivity index (χ3n) is 3.35. The lowest BCUT2D eigenvalue weighted by Gasteiger charge is -2.21. The van der Waals surface area contributed by atoms with Gasteiger partial charge >= 0.3 is 5.97 Å². The Bertz CT molecular complexity index is 666. The minimum absolute atomic E-state index is 0.0114. The molecule has 2 unspecified atom stereocenters. The molecule has 2 rings (SSSR count). The normalized spacial score (nSPS) is 22.3. The minimum Gasteiger partial charge on any atom is -0.480 e. The van der Waals surface area contributed by atoms with Gasteiger partial charge in [0, 0.05) is 24.8 Å². The van der Waals surface area contributed by atoms with E-state index < -0.39 is 33.9 Å². The zero-order valence-corrected chi connectivity index (χ0v) is 12.1. The van der Waals surface area contributed by atoms with Gasteiger partial charge in [0.25, 0.3) is 5.91 Å². The van der Waals surface area contributed by atoms with E-state index in [1.165, 1.54) is 24.3 Å². The lowest BCUT2D eigenvalue weighted by atomic mass is 10.1. The summed E-state index contributed by atoms with van der Waals surface area (Å²) >= 11 is 0. The third kappa shape index (κ3) is 3.22. The van der Waals surface area contributed by atoms with Gasteiger partial charge in [0.2, 0.25) is 0 Å². The highest BCUT2D eigenvalue weighted by Crippen LogP contribution is 2.21. The number of aliphatic hydroxyl groups excluding tert-OH is 1. The molecule has 8 heteroatoms. The summed E-state index contributed by atoms with van der Waals surface area (Å²) in [5, 5.41) is 18.6. The summed E-state index contributed by atoms with van der Waals surface area (Å²) in [4.78, 5) is 24.5. The monoisotopic (exact) mass is 313 g/mol. The molecular formula is C13H15NO6S. The molecule has 1 aliphatic rings. The van der Waals surface area contributed by atoms with Gasteiger partial charge in [0.05, 0.1) is 11.0 Å². The molecular weight excluding hydrogens is 298 g/mol. The summed E-state index contributed by atoms with van der Waals surface area (Å²) in [6.45, 7) is -0.0520. The maximum Gasteiger partial charge on any atom is 0.326 e. The maximum absolute atomic E-state index is 12.3. The van der Waals surface area contributed by atoms with Crippen LogP contribution in [0.4, 0.5) is 0 Å². The lowest BCUT2D eigenvalue weighted by molar-refractivity contribution is -0.141. The molecule has 1 amide bonds. The number of carboxylic acids is 1. The number of likely N-dealkylation sites (tertiary alicyclic amines) is 1. The summed E-state index contributed by atoms with van der Waals surface area (Å²) in [5.41, 5.74) is 0.183. The number of benzene rings is 1. The molecule has 0 radical (unpaired) electrons. The summed E-state index contributed by atoms with van der Waals surface area (Å²) in [6.07, 6.45) is 0.175. The van der Waals surface area contributed by atoms with Crippen LogP contribution in [0.3, 0.4) is 0 Å². The Morgan fingerprint density at radius 3 is 2.29 bits per heavy atom. The molecule has 0 spiro atoms. The van der Waals surface area contributed by atoms with E-state index in [4.69, 9.17) is 5.11 Å². The number of β-amino-alcohol motifs (C(OH)–C–C–N with tert-alkyl or cyclic N) is 1. The first-order valence-corrected chi connectivity index (χ1v) is 8.11. The van der Waals surface area contributed by atoms with E-state index in [1.54, 1.807) is 0 Å². The number of hydrogen-bond donors (Lipinski definition) is 2. The number of carboxylic acid groups (broad SMARTS) is 1. The molecule has 1 saturated heterocycles. The van der Waals surface area contributed by atoms with Gasteiger partial charge in [0.15, 0.2) is 9.84 Å². The highest BCUT2D eigenvalue weighted by atomic mass is 32.2. The van der Waals surface area contributed by atoms with Crippen LogP contribution in [0.25, 0.3) is 0 Å². The van der Waals surface area contributed by atoms with Crippen LogP contribution in [-0.4, -0.2) is 60.4 Å². The quantitative estimate of drug-likeness (QED) is 0.796. The molecule has 114 valence electrons. The highest BCUT2D eigenvalue weighted by molar-refractivity contribution is 7.90. The van der Waals surface area contributed by atoms with Crippen LogP contribution < -0.4 is 0 Å². The Balaban J connectivity index is 2.26. The second kappa shape index (κ2) is 5.45. The van der Waals surface area contributed by atoms with Crippen molar-refractivity contribution in [3.63, 3.8) is 0 Å². The van der Waals surface area contributed by atoms with Crippen molar-refractivity contribution in [3.8, 4) is 0 Å². The zero-order valence-electron chi connectivity index (χ0n) is 11.3. The van der Waals surface area contributed by atoms with Crippen LogP contribution in [0.5, 0.6) is 0 Å². The van der Waals surface area contributed by atoms with Crippen molar-refractivity contribution < 1.29 is 28.2 Å². The van der Waals surface area contributed by atoms with Gasteiger partial charge in [-0.25, -0.2) is 13.2 Å². The number of aliphatic carboxylic acids is 1. The molecule has 1 aliphatic heterocycles. The van der Waals surface area contributed by atoms with Gasteiger partial charge < -0.3 is 15.1 Å². The third-order valence-corrected chi connectivity index (χ3v) is 4.48. The van der Waals surface area contributed by atoms with Crippen molar-refractivity contribution in [2.24, 2.45) is 0 Å². The zero-order chi connectivity index (χ0) is 15.8. The van der Waals surface area contributed by atoms with Crippen molar-refractivity contribution in [2.75, 3.05) is 12.8 Å². The molecule has 0 bridgehead atoms. The minimum atomic E-state index is -3.36. The standard InChI is InChI=1S/C13H15NO6S/c1-21(19,20)10-4-2-8(3-5-10)12(16)14-7-9(15)6-11(14)13(17)18/h2-5,9,11,15H,6-7H2,1H3,(H,17,18). The highest BCUT2D eigenvalue weighted by Gasteiger charge is 2.39. The van der Waals surface area contributed by atoms with Crippen molar-refractivity contribution in [1.82, 2.24) is 4.90 Å². The van der Waals surface area contributed by atoms with Crippen LogP contribution in [-0.2, 0) is 14.6 Å². The Morgan fingerprint density at radius 1 is 1.24 bits per heavy atom. The molecule has 1 aromatic carbocycles. The van der Waals surface area contributed by atoms with Crippen molar-refractivity contribution >= 4 is 21.7 Å². The molecule has 2 N–H and O–H groups in total. The van der Waals surface area contributed by atoms with E-state index in [9.17, 15) is 23.1 Å². The molecule has 7 nitrogen and oxygen atoms in total. The lowest BCUT2D eigenvalue weighted by Crippen LogP contribution is -2.40. The summed E-state index contributed by atoms with van der Waals surface area (Å²) in [5.74, 6) is -1.72. The number of carbonyl (C=O) groups excluding carboxylic acids is 1. The Hall–Kier alpha value is -1.93. The number of carbonyl (C=O) groups is 2. The molecule has 1 aromatic rings. The average Bonchev–Trinajstić information content (AvgIpc) is 2.79. The van der Waals surface area contributed by atoms with Gasteiger partial charge in [-0.1, -0.05) is 0 Å². The first-order valence-electron chi connectivity index (χ1n) is 6.22. The van der Waals surface area contributed by atoms with Crippen molar-refractivity contribution in [1.29, 1.82) is 0 Å². The second-order valence-corrected chi connectivity index (χ2v) is 7.01. The van der Waals surface area contributed by atoms with E-state index in [2.05, 4.69) is 0 Å². The molecule has 0 aliphatic carbocycles. The summed E-state index contributed by atoms with van der Waals surface area (Å²) in [6, 6.07) is 4.20. The van der Waals surface area contributed by atoms with E-state index >= 15 is 0 Å². The molecule has 0 saturated carbocycles. The molecule has 0 aromatic heterocycles. The molecule has 21 heavy (non-hydrogen) atoms. The number of nitrogens with zero attached hydrogens (tertiary/aromatic N) is 1. The average molecular weight is 313 g/mol. The van der Waals surface area contributed by atoms with Gasteiger partial charge in [-0.05, 0) is 24.3 Å². The Labute approximate surface area is 121 Å². The van der Waals surface area contributed by atoms with Gasteiger partial charge in [-0.15, -0.1) is 0 Å². The smallest absolute Gasteiger partial charge is 0.326 e. The van der Waals surface area contributed by atoms with Gasteiger partial charge in [-0.2, -0.15) is 0 Å². The van der Waals surface area contributed by atoms with E-state index in [0.29, 0.717) is 0 Å². The fraction of sp³-hybridized carbons (Fsp3) is 0.385. The Morgan fingerprint density at radius 2 is 1.81 bits per heavy atom. The van der Waals surface area contributed by atoms with E-state index in [1.807, 2.05) is 0 Å². The van der Waals surface area contributed by atoms with Crippen molar-refractivity contribution in [2.45, 2.75) is 23.5 Å². The van der Waals surface area contributed by atoms with Crippen molar-refractivity contribution in [3.05, 3.63) is 29.8 Å². The van der Waals surface area contributed by atoms with Gasteiger partial charge in [0.1, 0.15) is 6.04 Å². The predicted molar refractivity (Wildman–Crippen MR) is 72.6 cm³/mol. The summed E-state index contributed by atoms with van der Waals surface area (Å²) in [7, 11) is -3.36. The van der Waals surface area contributed by atoms with E-state index in [-0.39, 0.29) is 23.4 Å².